The monoisotopic (exact) mass is 274 g/mol. The summed E-state index contributed by atoms with van der Waals surface area (Å²) in [6.45, 7) is 6.00. The van der Waals surface area contributed by atoms with Crippen molar-refractivity contribution < 1.29 is 4.79 Å². The van der Waals surface area contributed by atoms with E-state index in [0.29, 0.717) is 22.5 Å². The second-order valence-corrected chi connectivity index (χ2v) is 5.06. The van der Waals surface area contributed by atoms with Crippen molar-refractivity contribution in [1.29, 1.82) is 0 Å². The molecule has 106 valence electrons. The molecule has 0 fully saturated rings. The van der Waals surface area contributed by atoms with Crippen molar-refractivity contribution in [2.24, 2.45) is 5.92 Å². The van der Waals surface area contributed by atoms with Crippen molar-refractivity contribution in [2.45, 2.75) is 26.8 Å². The molecular formula is C14H18N4O2. The number of fused-ring (bicyclic) bond motifs is 1. The van der Waals surface area contributed by atoms with Crippen molar-refractivity contribution >= 4 is 22.6 Å². The quantitative estimate of drug-likeness (QED) is 0.801. The third-order valence-corrected chi connectivity index (χ3v) is 3.28. The fraction of sp³-hybridized carbons (Fsp3) is 0.357. The number of amides is 2. The lowest BCUT2D eigenvalue weighted by molar-refractivity contribution is 0.246. The molecule has 2 amide bonds. The van der Waals surface area contributed by atoms with Gasteiger partial charge in [0, 0.05) is 6.04 Å². The number of para-hydroxylation sites is 1. The van der Waals surface area contributed by atoms with E-state index in [1.165, 1.54) is 6.33 Å². The number of carbonyl (C=O) groups is 1. The largest absolute Gasteiger partial charge is 0.335 e. The first kappa shape index (κ1) is 14.0. The normalized spacial score (nSPS) is 12.4. The number of carbonyl (C=O) groups excluding carboxylic acids is 1. The van der Waals surface area contributed by atoms with Crippen LogP contribution in [0.15, 0.2) is 29.3 Å². The zero-order chi connectivity index (χ0) is 14.7. The molecule has 0 saturated carbocycles. The predicted molar refractivity (Wildman–Crippen MR) is 78.8 cm³/mol. The molecule has 3 N–H and O–H groups in total. The molecule has 2 rings (SSSR count). The maximum atomic E-state index is 11.9. The van der Waals surface area contributed by atoms with Crippen LogP contribution < -0.4 is 16.2 Å². The number of H-pyrrole nitrogens is 1. The molecule has 0 aliphatic carbocycles. The average molecular weight is 274 g/mol. The number of benzene rings is 1. The number of nitrogens with one attached hydrogen (secondary N) is 3. The Morgan fingerprint density at radius 3 is 2.75 bits per heavy atom. The first-order valence-corrected chi connectivity index (χ1v) is 6.53. The van der Waals surface area contributed by atoms with Gasteiger partial charge < -0.3 is 15.6 Å². The summed E-state index contributed by atoms with van der Waals surface area (Å²) in [4.78, 5) is 30.2. The molecule has 1 atom stereocenters. The molecular weight excluding hydrogens is 256 g/mol. The maximum Gasteiger partial charge on any atom is 0.319 e. The summed E-state index contributed by atoms with van der Waals surface area (Å²) in [7, 11) is 0. The lowest BCUT2D eigenvalue weighted by Gasteiger charge is -2.18. The molecule has 20 heavy (non-hydrogen) atoms. The molecule has 0 saturated heterocycles. The topological polar surface area (TPSA) is 86.9 Å². The minimum Gasteiger partial charge on any atom is -0.335 e. The van der Waals surface area contributed by atoms with E-state index in [2.05, 4.69) is 20.6 Å². The molecule has 0 spiro atoms. The van der Waals surface area contributed by atoms with Crippen LogP contribution in [0.4, 0.5) is 10.5 Å². The van der Waals surface area contributed by atoms with Gasteiger partial charge in [-0.15, -0.1) is 0 Å². The van der Waals surface area contributed by atoms with Gasteiger partial charge in [-0.1, -0.05) is 19.9 Å². The van der Waals surface area contributed by atoms with Gasteiger partial charge in [0.1, 0.15) is 5.52 Å². The molecule has 6 nitrogen and oxygen atoms in total. The van der Waals surface area contributed by atoms with Crippen LogP contribution >= 0.6 is 0 Å². The second-order valence-electron chi connectivity index (χ2n) is 5.06. The highest BCUT2D eigenvalue weighted by molar-refractivity contribution is 5.99. The summed E-state index contributed by atoms with van der Waals surface area (Å²) >= 11 is 0. The van der Waals surface area contributed by atoms with E-state index in [1.807, 2.05) is 20.8 Å². The van der Waals surface area contributed by atoms with E-state index in [0.717, 1.165) is 0 Å². The zero-order valence-corrected chi connectivity index (χ0v) is 11.7. The van der Waals surface area contributed by atoms with Crippen LogP contribution in [-0.4, -0.2) is 22.0 Å². The van der Waals surface area contributed by atoms with Gasteiger partial charge in [0.05, 0.1) is 17.4 Å². The summed E-state index contributed by atoms with van der Waals surface area (Å²) in [6, 6.07) is 4.85. The van der Waals surface area contributed by atoms with Gasteiger partial charge >= 0.3 is 6.03 Å². The van der Waals surface area contributed by atoms with Crippen LogP contribution in [0.2, 0.25) is 0 Å². The minimum atomic E-state index is -0.305. The molecule has 0 bridgehead atoms. The Hall–Kier alpha value is -2.37. The van der Waals surface area contributed by atoms with Crippen molar-refractivity contribution in [3.63, 3.8) is 0 Å². The molecule has 1 heterocycles. The summed E-state index contributed by atoms with van der Waals surface area (Å²) in [5.74, 6) is 0.342. The Kier molecular flexibility index (Phi) is 4.02. The summed E-state index contributed by atoms with van der Waals surface area (Å²) in [6.07, 6.45) is 1.32. The number of anilines is 1. The highest BCUT2D eigenvalue weighted by Crippen LogP contribution is 2.17. The van der Waals surface area contributed by atoms with Crippen LogP contribution in [0.1, 0.15) is 20.8 Å². The van der Waals surface area contributed by atoms with Gasteiger partial charge in [0.15, 0.2) is 0 Å². The first-order chi connectivity index (χ1) is 9.49. The molecule has 0 radical (unpaired) electrons. The van der Waals surface area contributed by atoms with Crippen LogP contribution in [0.5, 0.6) is 0 Å². The zero-order valence-electron chi connectivity index (χ0n) is 11.7. The SMILES string of the molecule is CC(C)C(C)NC(=O)Nc1cccc2c(=O)[nH]cnc12. The van der Waals surface area contributed by atoms with Gasteiger partial charge in [-0.2, -0.15) is 0 Å². The van der Waals surface area contributed by atoms with E-state index in [1.54, 1.807) is 18.2 Å². The highest BCUT2D eigenvalue weighted by Gasteiger charge is 2.12. The lowest BCUT2D eigenvalue weighted by atomic mass is 10.1. The summed E-state index contributed by atoms with van der Waals surface area (Å²) in [5.41, 5.74) is 0.764. The van der Waals surface area contributed by atoms with E-state index in [4.69, 9.17) is 0 Å². The van der Waals surface area contributed by atoms with Gasteiger partial charge in [-0.3, -0.25) is 4.79 Å². The summed E-state index contributed by atoms with van der Waals surface area (Å²) in [5, 5.41) is 6.02. The smallest absolute Gasteiger partial charge is 0.319 e. The van der Waals surface area contributed by atoms with Crippen LogP contribution in [0.25, 0.3) is 10.9 Å². The van der Waals surface area contributed by atoms with Gasteiger partial charge in [-0.25, -0.2) is 9.78 Å². The van der Waals surface area contributed by atoms with Crippen LogP contribution in [0, 0.1) is 5.92 Å². The van der Waals surface area contributed by atoms with Crippen molar-refractivity contribution in [3.05, 3.63) is 34.9 Å². The minimum absolute atomic E-state index is 0.0568. The van der Waals surface area contributed by atoms with E-state index in [9.17, 15) is 9.59 Å². The second kappa shape index (κ2) is 5.73. The van der Waals surface area contributed by atoms with Crippen molar-refractivity contribution in [2.75, 3.05) is 5.32 Å². The Balaban J connectivity index is 2.24. The van der Waals surface area contributed by atoms with Crippen molar-refractivity contribution in [3.8, 4) is 0 Å². The fourth-order valence-electron chi connectivity index (χ4n) is 1.73. The fourth-order valence-corrected chi connectivity index (χ4v) is 1.73. The maximum absolute atomic E-state index is 11.9. The lowest BCUT2D eigenvalue weighted by Crippen LogP contribution is -2.39. The third kappa shape index (κ3) is 2.96. The Morgan fingerprint density at radius 1 is 1.30 bits per heavy atom. The number of rotatable bonds is 3. The number of aromatic amines is 1. The highest BCUT2D eigenvalue weighted by atomic mass is 16.2. The molecule has 0 aliphatic rings. The van der Waals surface area contributed by atoms with Gasteiger partial charge in [0.2, 0.25) is 0 Å². The molecule has 1 aromatic carbocycles. The molecule has 6 heteroatoms. The van der Waals surface area contributed by atoms with E-state index in [-0.39, 0.29) is 17.6 Å². The van der Waals surface area contributed by atoms with Crippen LogP contribution in [0.3, 0.4) is 0 Å². The number of urea groups is 1. The predicted octanol–water partition coefficient (Wildman–Crippen LogP) is 2.09. The molecule has 1 aromatic heterocycles. The van der Waals surface area contributed by atoms with E-state index < -0.39 is 0 Å². The number of aromatic nitrogens is 2. The number of nitrogens with zero attached hydrogens (tertiary/aromatic N) is 1. The van der Waals surface area contributed by atoms with Gasteiger partial charge in [0.25, 0.3) is 5.56 Å². The third-order valence-electron chi connectivity index (χ3n) is 3.28. The first-order valence-electron chi connectivity index (χ1n) is 6.53. The van der Waals surface area contributed by atoms with Crippen LogP contribution in [-0.2, 0) is 0 Å². The molecule has 0 aliphatic heterocycles. The van der Waals surface area contributed by atoms with Crippen molar-refractivity contribution in [1.82, 2.24) is 15.3 Å². The number of hydrogen-bond donors (Lipinski definition) is 3. The molecule has 2 aromatic rings. The van der Waals surface area contributed by atoms with Gasteiger partial charge in [-0.05, 0) is 25.0 Å². The average Bonchev–Trinajstić information content (AvgIpc) is 2.39. The Morgan fingerprint density at radius 2 is 2.05 bits per heavy atom. The Labute approximate surface area is 116 Å². The summed E-state index contributed by atoms with van der Waals surface area (Å²) < 4.78 is 0. The van der Waals surface area contributed by atoms with E-state index >= 15 is 0 Å². The Bertz CT molecular complexity index is 678. The standard InChI is InChI=1S/C14H18N4O2/c1-8(2)9(3)17-14(20)18-11-6-4-5-10-12(11)15-7-16-13(10)19/h4-9H,1-3H3,(H,15,16,19)(H2,17,18,20). The number of hydrogen-bond acceptors (Lipinski definition) is 3. The molecule has 1 unspecified atom stereocenters.